The van der Waals surface area contributed by atoms with Gasteiger partial charge in [0, 0.05) is 12.4 Å². The van der Waals surface area contributed by atoms with Crippen LogP contribution in [0, 0.1) is 0 Å². The summed E-state index contributed by atoms with van der Waals surface area (Å²) in [5.41, 5.74) is 4.27. The van der Waals surface area contributed by atoms with E-state index >= 15 is 0 Å². The van der Waals surface area contributed by atoms with E-state index in [1.807, 2.05) is 5.38 Å². The fraction of sp³-hybridized carbons (Fsp3) is 0.333. The van der Waals surface area contributed by atoms with Crippen molar-refractivity contribution in [1.82, 2.24) is 30.0 Å². The number of nitrogens with two attached hydrogens (primary N) is 1. The summed E-state index contributed by atoms with van der Waals surface area (Å²) in [7, 11) is 1.80. The van der Waals surface area contributed by atoms with Gasteiger partial charge in [0.25, 0.3) is 0 Å². The molecule has 0 amide bonds. The van der Waals surface area contributed by atoms with Crippen LogP contribution in [0.1, 0.15) is 17.4 Å². The molecule has 7 nitrogen and oxygen atoms in total. The third-order valence-electron chi connectivity index (χ3n) is 1.88. The second-order valence-electron chi connectivity index (χ2n) is 2.71. The summed E-state index contributed by atoms with van der Waals surface area (Å²) in [6.45, 7) is 0. The van der Waals surface area contributed by atoms with Crippen molar-refractivity contribution in [3.05, 3.63) is 23.0 Å². The van der Waals surface area contributed by atoms with Crippen molar-refractivity contribution in [1.29, 1.82) is 0 Å². The molecule has 2 aromatic rings. The molecular formula is C6H9N7S. The zero-order valence-electron chi connectivity index (χ0n) is 7.45. The van der Waals surface area contributed by atoms with Crippen LogP contribution in [0.15, 0.2) is 11.6 Å². The average Bonchev–Trinajstić information content (AvgIpc) is 2.80. The SMILES string of the molecule is Cn1nncc1C(NN)c1csnn1. The lowest BCUT2D eigenvalue weighted by atomic mass is 10.2. The van der Waals surface area contributed by atoms with E-state index in [1.165, 1.54) is 11.5 Å². The van der Waals surface area contributed by atoms with Crippen LogP contribution in [0.4, 0.5) is 0 Å². The van der Waals surface area contributed by atoms with Crippen LogP contribution in [0.5, 0.6) is 0 Å². The summed E-state index contributed by atoms with van der Waals surface area (Å²) in [5.74, 6) is 5.44. The van der Waals surface area contributed by atoms with E-state index in [9.17, 15) is 0 Å². The van der Waals surface area contributed by atoms with E-state index in [0.29, 0.717) is 0 Å². The molecule has 0 spiro atoms. The highest BCUT2D eigenvalue weighted by Gasteiger charge is 2.18. The minimum Gasteiger partial charge on any atom is -0.270 e. The largest absolute Gasteiger partial charge is 0.270 e. The summed E-state index contributed by atoms with van der Waals surface area (Å²) in [6, 6.07) is -0.214. The number of nitrogens with zero attached hydrogens (tertiary/aromatic N) is 5. The van der Waals surface area contributed by atoms with Crippen molar-refractivity contribution in [3.63, 3.8) is 0 Å². The molecule has 0 saturated carbocycles. The van der Waals surface area contributed by atoms with Gasteiger partial charge in [-0.1, -0.05) is 9.70 Å². The molecule has 0 bridgehead atoms. The third kappa shape index (κ3) is 1.50. The molecular weight excluding hydrogens is 202 g/mol. The van der Waals surface area contributed by atoms with Gasteiger partial charge in [0.1, 0.15) is 6.04 Å². The van der Waals surface area contributed by atoms with Crippen LogP contribution in [0.25, 0.3) is 0 Å². The summed E-state index contributed by atoms with van der Waals surface area (Å²) in [6.07, 6.45) is 1.64. The Morgan fingerprint density at radius 2 is 2.50 bits per heavy atom. The van der Waals surface area contributed by atoms with Gasteiger partial charge in [-0.25, -0.2) is 5.43 Å². The summed E-state index contributed by atoms with van der Waals surface area (Å²) < 4.78 is 5.42. The van der Waals surface area contributed by atoms with Crippen molar-refractivity contribution in [2.24, 2.45) is 12.9 Å². The van der Waals surface area contributed by atoms with E-state index < -0.39 is 0 Å². The molecule has 0 aromatic carbocycles. The molecule has 74 valence electrons. The Bertz CT molecular complexity index is 394. The maximum absolute atomic E-state index is 5.44. The normalized spacial score (nSPS) is 13.0. The zero-order chi connectivity index (χ0) is 9.97. The van der Waals surface area contributed by atoms with Gasteiger partial charge in [0.05, 0.1) is 17.6 Å². The molecule has 2 rings (SSSR count). The lowest BCUT2D eigenvalue weighted by molar-refractivity contribution is 0.559. The van der Waals surface area contributed by atoms with Crippen LogP contribution in [-0.2, 0) is 7.05 Å². The lowest BCUT2D eigenvalue weighted by Crippen LogP contribution is -2.30. The van der Waals surface area contributed by atoms with Gasteiger partial charge >= 0.3 is 0 Å². The minimum absolute atomic E-state index is 0.214. The van der Waals surface area contributed by atoms with Gasteiger partial charge in [-0.05, 0) is 11.5 Å². The Morgan fingerprint density at radius 3 is 3.00 bits per heavy atom. The average molecular weight is 211 g/mol. The first-order chi connectivity index (χ1) is 6.83. The second kappa shape index (κ2) is 3.78. The Hall–Kier alpha value is -1.38. The van der Waals surface area contributed by atoms with E-state index in [2.05, 4.69) is 25.3 Å². The first-order valence-corrected chi connectivity index (χ1v) is 4.74. The molecule has 0 saturated heterocycles. The second-order valence-corrected chi connectivity index (χ2v) is 3.32. The number of nitrogens with one attached hydrogen (secondary N) is 1. The Kier molecular flexibility index (Phi) is 2.48. The third-order valence-corrected chi connectivity index (χ3v) is 2.41. The molecule has 0 radical (unpaired) electrons. The highest BCUT2D eigenvalue weighted by atomic mass is 32.1. The number of hydrogen-bond donors (Lipinski definition) is 2. The summed E-state index contributed by atoms with van der Waals surface area (Å²) in [4.78, 5) is 0. The Labute approximate surface area is 84.1 Å². The van der Waals surface area contributed by atoms with Crippen LogP contribution >= 0.6 is 11.5 Å². The number of aromatic nitrogens is 5. The lowest BCUT2D eigenvalue weighted by Gasteiger charge is -2.11. The van der Waals surface area contributed by atoms with Crippen LogP contribution < -0.4 is 11.3 Å². The van der Waals surface area contributed by atoms with Crippen LogP contribution in [0.3, 0.4) is 0 Å². The quantitative estimate of drug-likeness (QED) is 0.511. The van der Waals surface area contributed by atoms with Gasteiger partial charge in [0.15, 0.2) is 0 Å². The van der Waals surface area contributed by atoms with Crippen LogP contribution in [0.2, 0.25) is 0 Å². The molecule has 8 heteroatoms. The first kappa shape index (κ1) is 9.19. The molecule has 3 N–H and O–H groups in total. The molecule has 1 unspecified atom stereocenters. The molecule has 0 fully saturated rings. The molecule has 1 atom stereocenters. The minimum atomic E-state index is -0.214. The number of hydrazine groups is 1. The van der Waals surface area contributed by atoms with Gasteiger partial charge in [-0.15, -0.1) is 10.2 Å². The maximum atomic E-state index is 5.44. The van der Waals surface area contributed by atoms with Gasteiger partial charge < -0.3 is 0 Å². The van der Waals surface area contributed by atoms with Crippen molar-refractivity contribution in [3.8, 4) is 0 Å². The topological polar surface area (TPSA) is 94.5 Å². The molecule has 14 heavy (non-hydrogen) atoms. The van der Waals surface area contributed by atoms with E-state index in [-0.39, 0.29) is 6.04 Å². The summed E-state index contributed by atoms with van der Waals surface area (Å²) in [5, 5.41) is 13.4. The fourth-order valence-corrected chi connectivity index (χ4v) is 1.66. The highest BCUT2D eigenvalue weighted by molar-refractivity contribution is 7.03. The number of hydrogen-bond acceptors (Lipinski definition) is 7. The van der Waals surface area contributed by atoms with Gasteiger partial charge in [-0.3, -0.25) is 10.5 Å². The van der Waals surface area contributed by atoms with Crippen molar-refractivity contribution in [2.75, 3.05) is 0 Å². The predicted molar refractivity (Wildman–Crippen MR) is 50.1 cm³/mol. The van der Waals surface area contributed by atoms with Crippen molar-refractivity contribution < 1.29 is 0 Å². The molecule has 0 aliphatic rings. The highest BCUT2D eigenvalue weighted by Crippen LogP contribution is 2.17. The smallest absolute Gasteiger partial charge is 0.109 e. The standard InChI is InChI=1S/C6H9N7S/c1-13-5(2-8-11-13)6(9-7)4-3-14-12-10-4/h2-3,6,9H,7H2,1H3. The van der Waals surface area contributed by atoms with Gasteiger partial charge in [0.2, 0.25) is 0 Å². The molecule has 0 aliphatic heterocycles. The number of aryl methyl sites for hydroxylation is 1. The van der Waals surface area contributed by atoms with E-state index in [4.69, 9.17) is 5.84 Å². The summed E-state index contributed by atoms with van der Waals surface area (Å²) >= 11 is 1.28. The zero-order valence-corrected chi connectivity index (χ0v) is 8.27. The van der Waals surface area contributed by atoms with E-state index in [1.54, 1.807) is 17.9 Å². The monoisotopic (exact) mass is 211 g/mol. The van der Waals surface area contributed by atoms with Crippen molar-refractivity contribution in [2.45, 2.75) is 6.04 Å². The molecule has 2 heterocycles. The molecule has 2 aromatic heterocycles. The Balaban J connectivity index is 2.36. The fourth-order valence-electron chi connectivity index (χ4n) is 1.18. The maximum Gasteiger partial charge on any atom is 0.109 e. The Morgan fingerprint density at radius 1 is 1.64 bits per heavy atom. The predicted octanol–water partition coefficient (Wildman–Crippen LogP) is -0.781. The first-order valence-electron chi connectivity index (χ1n) is 3.90. The van der Waals surface area contributed by atoms with E-state index in [0.717, 1.165) is 11.4 Å². The molecule has 0 aliphatic carbocycles. The van der Waals surface area contributed by atoms with Gasteiger partial charge in [-0.2, -0.15) is 0 Å². The van der Waals surface area contributed by atoms with Crippen LogP contribution in [-0.4, -0.2) is 24.6 Å². The van der Waals surface area contributed by atoms with Crippen molar-refractivity contribution >= 4 is 11.5 Å². The number of rotatable bonds is 3.